The summed E-state index contributed by atoms with van der Waals surface area (Å²) >= 11 is 0. The van der Waals surface area contributed by atoms with Crippen molar-refractivity contribution in [2.45, 2.75) is 58.2 Å². The van der Waals surface area contributed by atoms with E-state index >= 15 is 0 Å². The van der Waals surface area contributed by atoms with Crippen LogP contribution in [0.5, 0.6) is 0 Å². The minimum absolute atomic E-state index is 0.0613. The summed E-state index contributed by atoms with van der Waals surface area (Å²) in [5.41, 5.74) is 0. The van der Waals surface area contributed by atoms with Gasteiger partial charge in [-0.2, -0.15) is 0 Å². The van der Waals surface area contributed by atoms with Gasteiger partial charge in [-0.15, -0.1) is 0 Å². The van der Waals surface area contributed by atoms with E-state index in [-0.39, 0.29) is 23.9 Å². The SMILES string of the molecule is CCC(C(=O)Nc1cc(C)on1)N1CCN(C(C)C(=O)NC2CC2)CC1. The number of hydrogen-bond donors (Lipinski definition) is 2. The summed E-state index contributed by atoms with van der Waals surface area (Å²) in [6, 6.07) is 1.77. The van der Waals surface area contributed by atoms with E-state index in [4.69, 9.17) is 4.52 Å². The number of carbonyl (C=O) groups is 2. The van der Waals surface area contributed by atoms with E-state index in [0.717, 1.165) is 45.4 Å². The van der Waals surface area contributed by atoms with Crippen LogP contribution in [-0.4, -0.2) is 71.1 Å². The Morgan fingerprint density at radius 1 is 1.23 bits per heavy atom. The molecule has 144 valence electrons. The molecule has 1 aromatic rings. The highest BCUT2D eigenvalue weighted by atomic mass is 16.5. The van der Waals surface area contributed by atoms with Crippen molar-refractivity contribution in [3.8, 4) is 0 Å². The van der Waals surface area contributed by atoms with Gasteiger partial charge in [0.2, 0.25) is 11.8 Å². The van der Waals surface area contributed by atoms with Gasteiger partial charge in [0, 0.05) is 38.3 Å². The second-order valence-corrected chi connectivity index (χ2v) is 7.27. The fraction of sp³-hybridized carbons (Fsp3) is 0.722. The van der Waals surface area contributed by atoms with Crippen molar-refractivity contribution >= 4 is 17.6 Å². The fourth-order valence-electron chi connectivity index (χ4n) is 3.40. The summed E-state index contributed by atoms with van der Waals surface area (Å²) in [6.07, 6.45) is 2.93. The van der Waals surface area contributed by atoms with Gasteiger partial charge in [0.05, 0.1) is 12.1 Å². The molecule has 8 heteroatoms. The first kappa shape index (κ1) is 18.8. The molecule has 1 saturated carbocycles. The lowest BCUT2D eigenvalue weighted by molar-refractivity contribution is -0.128. The molecule has 2 fully saturated rings. The minimum atomic E-state index is -0.204. The van der Waals surface area contributed by atoms with Gasteiger partial charge in [-0.1, -0.05) is 12.1 Å². The maximum atomic E-state index is 12.6. The average Bonchev–Trinajstić information content (AvgIpc) is 3.35. The van der Waals surface area contributed by atoms with Crippen molar-refractivity contribution in [2.24, 2.45) is 0 Å². The van der Waals surface area contributed by atoms with Crippen LogP contribution in [0.15, 0.2) is 10.6 Å². The number of rotatable bonds is 7. The monoisotopic (exact) mass is 363 g/mol. The van der Waals surface area contributed by atoms with Gasteiger partial charge in [-0.05, 0) is 33.1 Å². The van der Waals surface area contributed by atoms with E-state index in [9.17, 15) is 9.59 Å². The number of piperazine rings is 1. The first-order valence-electron chi connectivity index (χ1n) is 9.50. The molecule has 0 bridgehead atoms. The predicted molar refractivity (Wildman–Crippen MR) is 97.7 cm³/mol. The van der Waals surface area contributed by atoms with E-state index in [0.29, 0.717) is 17.6 Å². The number of hydrogen-bond acceptors (Lipinski definition) is 6. The largest absolute Gasteiger partial charge is 0.360 e. The third-order valence-electron chi connectivity index (χ3n) is 5.21. The molecule has 1 aromatic heterocycles. The number of aromatic nitrogens is 1. The summed E-state index contributed by atoms with van der Waals surface area (Å²) in [6.45, 7) is 8.87. The lowest BCUT2D eigenvalue weighted by Crippen LogP contribution is -2.57. The van der Waals surface area contributed by atoms with Crippen LogP contribution in [0, 0.1) is 6.92 Å². The molecule has 1 aliphatic carbocycles. The third-order valence-corrected chi connectivity index (χ3v) is 5.21. The van der Waals surface area contributed by atoms with Crippen LogP contribution in [0.25, 0.3) is 0 Å². The van der Waals surface area contributed by atoms with Crippen LogP contribution >= 0.6 is 0 Å². The predicted octanol–water partition coefficient (Wildman–Crippen LogP) is 0.985. The van der Waals surface area contributed by atoms with Gasteiger partial charge >= 0.3 is 0 Å². The lowest BCUT2D eigenvalue weighted by atomic mass is 10.1. The fourth-order valence-corrected chi connectivity index (χ4v) is 3.40. The Bertz CT molecular complexity index is 635. The standard InChI is InChI=1S/C18H29N5O3/c1-4-15(18(25)20-16-11-12(2)26-21-16)23-9-7-22(8-10-23)13(3)17(24)19-14-5-6-14/h11,13-15H,4-10H2,1-3H3,(H,19,24)(H,20,21,25). The van der Waals surface area contributed by atoms with E-state index in [1.807, 2.05) is 13.8 Å². The third kappa shape index (κ3) is 4.62. The quantitative estimate of drug-likeness (QED) is 0.751. The van der Waals surface area contributed by atoms with Crippen molar-refractivity contribution in [3.63, 3.8) is 0 Å². The molecule has 1 aliphatic heterocycles. The molecular weight excluding hydrogens is 334 g/mol. The molecule has 26 heavy (non-hydrogen) atoms. The maximum Gasteiger partial charge on any atom is 0.242 e. The van der Waals surface area contributed by atoms with Crippen LogP contribution < -0.4 is 10.6 Å². The Balaban J connectivity index is 1.50. The molecular formula is C18H29N5O3. The Labute approximate surface area is 154 Å². The highest BCUT2D eigenvalue weighted by molar-refractivity contribution is 5.94. The molecule has 2 unspecified atom stereocenters. The van der Waals surface area contributed by atoms with Gasteiger partial charge in [0.15, 0.2) is 5.82 Å². The Morgan fingerprint density at radius 3 is 2.42 bits per heavy atom. The molecule has 2 heterocycles. The Kier molecular flexibility index (Phi) is 5.93. The molecule has 3 rings (SSSR count). The second-order valence-electron chi connectivity index (χ2n) is 7.27. The normalized spacial score (nSPS) is 21.2. The van der Waals surface area contributed by atoms with Gasteiger partial charge in [0.25, 0.3) is 0 Å². The molecule has 8 nitrogen and oxygen atoms in total. The Morgan fingerprint density at radius 2 is 1.88 bits per heavy atom. The average molecular weight is 363 g/mol. The first-order valence-corrected chi connectivity index (χ1v) is 9.50. The van der Waals surface area contributed by atoms with Crippen LogP contribution in [0.3, 0.4) is 0 Å². The zero-order valence-corrected chi connectivity index (χ0v) is 15.8. The van der Waals surface area contributed by atoms with Crippen molar-refractivity contribution in [1.82, 2.24) is 20.3 Å². The lowest BCUT2D eigenvalue weighted by Gasteiger charge is -2.40. The van der Waals surface area contributed by atoms with Gasteiger partial charge in [0.1, 0.15) is 5.76 Å². The molecule has 2 aliphatic rings. The molecule has 0 aromatic carbocycles. The van der Waals surface area contributed by atoms with Gasteiger partial charge < -0.3 is 15.2 Å². The number of carbonyl (C=O) groups excluding carboxylic acids is 2. The number of anilines is 1. The smallest absolute Gasteiger partial charge is 0.242 e. The summed E-state index contributed by atoms with van der Waals surface area (Å²) in [4.78, 5) is 29.2. The number of amides is 2. The molecule has 0 spiro atoms. The van der Waals surface area contributed by atoms with E-state index in [1.165, 1.54) is 0 Å². The van der Waals surface area contributed by atoms with Crippen LogP contribution in [0.4, 0.5) is 5.82 Å². The molecule has 2 amide bonds. The summed E-state index contributed by atoms with van der Waals surface area (Å²) in [5, 5.41) is 9.72. The highest BCUT2D eigenvalue weighted by Crippen LogP contribution is 2.20. The highest BCUT2D eigenvalue weighted by Gasteiger charge is 2.33. The Hall–Kier alpha value is -1.93. The number of aryl methyl sites for hydroxylation is 1. The summed E-state index contributed by atoms with van der Waals surface area (Å²) in [7, 11) is 0. The zero-order chi connectivity index (χ0) is 18.7. The molecule has 2 N–H and O–H groups in total. The van der Waals surface area contributed by atoms with E-state index in [1.54, 1.807) is 13.0 Å². The van der Waals surface area contributed by atoms with E-state index in [2.05, 4.69) is 25.6 Å². The minimum Gasteiger partial charge on any atom is -0.360 e. The molecule has 2 atom stereocenters. The molecule has 1 saturated heterocycles. The van der Waals surface area contributed by atoms with Gasteiger partial charge in [-0.25, -0.2) is 0 Å². The van der Waals surface area contributed by atoms with Crippen molar-refractivity contribution < 1.29 is 14.1 Å². The maximum absolute atomic E-state index is 12.6. The number of nitrogens with zero attached hydrogens (tertiary/aromatic N) is 3. The second kappa shape index (κ2) is 8.18. The summed E-state index contributed by atoms with van der Waals surface area (Å²) < 4.78 is 5.00. The van der Waals surface area contributed by atoms with Crippen molar-refractivity contribution in [1.29, 1.82) is 0 Å². The van der Waals surface area contributed by atoms with Crippen LogP contribution in [0.2, 0.25) is 0 Å². The zero-order valence-electron chi connectivity index (χ0n) is 15.8. The van der Waals surface area contributed by atoms with Crippen molar-refractivity contribution in [2.75, 3.05) is 31.5 Å². The van der Waals surface area contributed by atoms with Gasteiger partial charge in [-0.3, -0.25) is 19.4 Å². The number of nitrogens with one attached hydrogen (secondary N) is 2. The van der Waals surface area contributed by atoms with E-state index < -0.39 is 0 Å². The topological polar surface area (TPSA) is 90.7 Å². The molecule has 0 radical (unpaired) electrons. The van der Waals surface area contributed by atoms with Crippen molar-refractivity contribution in [3.05, 3.63) is 11.8 Å². The summed E-state index contributed by atoms with van der Waals surface area (Å²) in [5.74, 6) is 1.18. The van der Waals surface area contributed by atoms with Crippen LogP contribution in [0.1, 0.15) is 38.9 Å². The van der Waals surface area contributed by atoms with Crippen LogP contribution in [-0.2, 0) is 9.59 Å². The first-order chi connectivity index (χ1) is 12.5.